The fourth-order valence-electron chi connectivity index (χ4n) is 2.46. The van der Waals surface area contributed by atoms with Gasteiger partial charge in [-0.25, -0.2) is 0 Å². The van der Waals surface area contributed by atoms with Crippen LogP contribution in [0.1, 0.15) is 28.7 Å². The van der Waals surface area contributed by atoms with Gasteiger partial charge in [-0.2, -0.15) is 23.5 Å². The van der Waals surface area contributed by atoms with Crippen LogP contribution >= 0.6 is 39.5 Å². The molecule has 0 spiro atoms. The van der Waals surface area contributed by atoms with Crippen molar-refractivity contribution in [2.45, 2.75) is 30.1 Å². The lowest BCUT2D eigenvalue weighted by Crippen LogP contribution is -1.93. The molecule has 0 amide bonds. The molecule has 0 N–H and O–H groups in total. The summed E-state index contributed by atoms with van der Waals surface area (Å²) < 4.78 is 1.28. The molecule has 0 saturated carbocycles. The number of thioether (sulfide) groups is 2. The van der Waals surface area contributed by atoms with Gasteiger partial charge >= 0.3 is 0 Å². The Morgan fingerprint density at radius 3 is 2.10 bits per heavy atom. The minimum absolute atomic E-state index is 1.08. The summed E-state index contributed by atoms with van der Waals surface area (Å²) in [6.45, 7) is 0. The van der Waals surface area contributed by atoms with E-state index in [1.54, 1.807) is 0 Å². The maximum Gasteiger partial charge on any atom is 0.0210 e. The minimum Gasteiger partial charge on any atom is -0.157 e. The van der Waals surface area contributed by atoms with Gasteiger partial charge in [-0.05, 0) is 46.9 Å². The van der Waals surface area contributed by atoms with Crippen molar-refractivity contribution in [3.05, 3.63) is 69.2 Å². The van der Waals surface area contributed by atoms with Crippen LogP contribution in [-0.2, 0) is 23.7 Å². The first-order valence-corrected chi connectivity index (χ1v) is 10.4. The Kier molecular flexibility index (Phi) is 5.73. The second-order valence-electron chi connectivity index (χ2n) is 5.39. The molecule has 2 aromatic carbocycles. The molecule has 0 saturated heterocycles. The maximum absolute atomic E-state index is 3.73. The molecule has 0 fully saturated rings. The third-order valence-electron chi connectivity index (χ3n) is 3.68. The lowest BCUT2D eigenvalue weighted by atomic mass is 10.1. The van der Waals surface area contributed by atoms with Crippen LogP contribution in [0.25, 0.3) is 0 Å². The summed E-state index contributed by atoms with van der Waals surface area (Å²) in [6, 6.07) is 16.0. The number of rotatable bonds is 0. The summed E-state index contributed by atoms with van der Waals surface area (Å²) in [4.78, 5) is 0. The molecular formula is C18H19BrS2. The quantitative estimate of drug-likeness (QED) is 0.546. The fraction of sp³-hybridized carbons (Fsp3) is 0.333. The topological polar surface area (TPSA) is 0 Å². The average molecular weight is 379 g/mol. The van der Waals surface area contributed by atoms with Crippen LogP contribution in [0.5, 0.6) is 0 Å². The van der Waals surface area contributed by atoms with E-state index in [1.807, 2.05) is 23.5 Å². The van der Waals surface area contributed by atoms with E-state index in [4.69, 9.17) is 0 Å². The van der Waals surface area contributed by atoms with Crippen molar-refractivity contribution in [2.24, 2.45) is 0 Å². The van der Waals surface area contributed by atoms with Crippen molar-refractivity contribution in [2.75, 3.05) is 5.75 Å². The molecule has 4 heterocycles. The standard InChI is InChI=1S/C18H19BrS2/c19-18-10-16-7-8-17(18)2-1-9-20-11-14-3-5-15(6-4-14)12-21-13-16/h3-8,10H,1-2,9,11-13H2. The van der Waals surface area contributed by atoms with Crippen molar-refractivity contribution >= 4 is 39.5 Å². The summed E-state index contributed by atoms with van der Waals surface area (Å²) in [5.41, 5.74) is 5.73. The minimum atomic E-state index is 1.08. The molecule has 4 aliphatic rings. The lowest BCUT2D eigenvalue weighted by Gasteiger charge is -2.10. The third kappa shape index (κ3) is 4.54. The summed E-state index contributed by atoms with van der Waals surface area (Å²) in [7, 11) is 0. The van der Waals surface area contributed by atoms with Gasteiger partial charge in [0.15, 0.2) is 0 Å². The van der Waals surface area contributed by atoms with Crippen molar-refractivity contribution in [1.82, 2.24) is 0 Å². The number of aryl methyl sites for hydroxylation is 1. The van der Waals surface area contributed by atoms with Crippen molar-refractivity contribution < 1.29 is 0 Å². The molecule has 0 nitrogen and oxygen atoms in total. The molecule has 0 aliphatic carbocycles. The van der Waals surface area contributed by atoms with Gasteiger partial charge in [0, 0.05) is 21.7 Å². The monoisotopic (exact) mass is 378 g/mol. The number of hydrogen-bond donors (Lipinski definition) is 0. The molecule has 2 aromatic rings. The van der Waals surface area contributed by atoms with E-state index in [2.05, 4.69) is 58.4 Å². The van der Waals surface area contributed by atoms with Gasteiger partial charge in [0.05, 0.1) is 0 Å². The second kappa shape index (κ2) is 7.75. The van der Waals surface area contributed by atoms with E-state index in [0.29, 0.717) is 0 Å². The van der Waals surface area contributed by atoms with Crippen LogP contribution in [-0.4, -0.2) is 5.75 Å². The largest absolute Gasteiger partial charge is 0.157 e. The number of hydrogen-bond acceptors (Lipinski definition) is 2. The van der Waals surface area contributed by atoms with Crippen molar-refractivity contribution in [3.8, 4) is 0 Å². The Labute approximate surface area is 144 Å². The first-order valence-electron chi connectivity index (χ1n) is 7.32. The van der Waals surface area contributed by atoms with E-state index in [0.717, 1.165) is 17.3 Å². The number of benzene rings is 2. The van der Waals surface area contributed by atoms with E-state index in [9.17, 15) is 0 Å². The molecular weight excluding hydrogens is 360 g/mol. The zero-order valence-corrected chi connectivity index (χ0v) is 15.2. The van der Waals surface area contributed by atoms with Crippen molar-refractivity contribution in [1.29, 1.82) is 0 Å². The maximum atomic E-state index is 3.73. The fourth-order valence-corrected chi connectivity index (χ4v) is 4.95. The van der Waals surface area contributed by atoms with Crippen LogP contribution < -0.4 is 0 Å². The predicted octanol–water partition coefficient (Wildman–Crippen LogP) is 6.06. The van der Waals surface area contributed by atoms with E-state index < -0.39 is 0 Å². The highest BCUT2D eigenvalue weighted by Gasteiger charge is 2.04. The molecule has 6 rings (SSSR count). The zero-order chi connectivity index (χ0) is 14.5. The van der Waals surface area contributed by atoms with Crippen molar-refractivity contribution in [3.63, 3.8) is 0 Å². The Balaban J connectivity index is 1.76. The van der Waals surface area contributed by atoms with Gasteiger partial charge in [-0.3, -0.25) is 0 Å². The van der Waals surface area contributed by atoms with Crippen LogP contribution in [0.15, 0.2) is 46.9 Å². The Morgan fingerprint density at radius 1 is 0.762 bits per heavy atom. The summed E-state index contributed by atoms with van der Waals surface area (Å²) in [6.07, 6.45) is 2.41. The summed E-state index contributed by atoms with van der Waals surface area (Å²) in [5.74, 6) is 4.53. The van der Waals surface area contributed by atoms with E-state index in [1.165, 1.54) is 45.3 Å². The molecule has 21 heavy (non-hydrogen) atoms. The molecule has 0 aromatic heterocycles. The van der Waals surface area contributed by atoms with Gasteiger partial charge in [0.2, 0.25) is 0 Å². The molecule has 0 unspecified atom stereocenters. The average Bonchev–Trinajstić information content (AvgIpc) is 2.49. The van der Waals surface area contributed by atoms with Crippen LogP contribution in [0.3, 0.4) is 0 Å². The zero-order valence-electron chi connectivity index (χ0n) is 12.0. The van der Waals surface area contributed by atoms with Crippen LogP contribution in [0.2, 0.25) is 0 Å². The van der Waals surface area contributed by atoms with Gasteiger partial charge in [0.1, 0.15) is 0 Å². The first-order chi connectivity index (χ1) is 10.3. The van der Waals surface area contributed by atoms with Gasteiger partial charge in [0.25, 0.3) is 0 Å². The Hall–Kier alpha value is -0.380. The highest BCUT2D eigenvalue weighted by Crippen LogP contribution is 2.25. The van der Waals surface area contributed by atoms with Crippen LogP contribution in [0.4, 0.5) is 0 Å². The first kappa shape index (κ1) is 15.5. The molecule has 0 radical (unpaired) electrons. The highest BCUT2D eigenvalue weighted by atomic mass is 79.9. The smallest absolute Gasteiger partial charge is 0.0210 e. The Bertz CT molecular complexity index is 593. The predicted molar refractivity (Wildman–Crippen MR) is 100 cm³/mol. The molecule has 4 aliphatic heterocycles. The lowest BCUT2D eigenvalue weighted by molar-refractivity contribution is 0.926. The van der Waals surface area contributed by atoms with E-state index in [-0.39, 0.29) is 0 Å². The summed E-state index contributed by atoms with van der Waals surface area (Å²) >= 11 is 7.77. The van der Waals surface area contributed by atoms with Gasteiger partial charge in [-0.1, -0.05) is 52.3 Å². The van der Waals surface area contributed by atoms with Crippen LogP contribution in [0, 0.1) is 0 Å². The third-order valence-corrected chi connectivity index (χ3v) is 6.61. The highest BCUT2D eigenvalue weighted by molar-refractivity contribution is 9.10. The molecule has 0 atom stereocenters. The van der Waals surface area contributed by atoms with E-state index >= 15 is 0 Å². The number of halogens is 1. The molecule has 3 heteroatoms. The van der Waals surface area contributed by atoms with Gasteiger partial charge in [-0.15, -0.1) is 0 Å². The normalized spacial score (nSPS) is 16.2. The Morgan fingerprint density at radius 2 is 1.38 bits per heavy atom. The SMILES string of the molecule is Brc1cc2ccc1CCCSCc1ccc(cc1)CSC2. The molecule has 110 valence electrons. The summed E-state index contributed by atoms with van der Waals surface area (Å²) in [5, 5.41) is 0. The second-order valence-corrected chi connectivity index (χ2v) is 8.34. The molecule has 4 bridgehead atoms. The van der Waals surface area contributed by atoms with Gasteiger partial charge < -0.3 is 0 Å².